The van der Waals surface area contributed by atoms with Crippen molar-refractivity contribution in [3.63, 3.8) is 0 Å². The fourth-order valence-corrected chi connectivity index (χ4v) is 3.87. The molecule has 10 nitrogen and oxygen atoms in total. The molecule has 0 saturated carbocycles. The molecule has 0 atom stereocenters. The number of amides is 3. The van der Waals surface area contributed by atoms with Crippen molar-refractivity contribution in [1.29, 1.82) is 0 Å². The average molecular weight is 522 g/mol. The molecule has 0 unspecified atom stereocenters. The van der Waals surface area contributed by atoms with Gasteiger partial charge in [0.25, 0.3) is 0 Å². The van der Waals surface area contributed by atoms with Crippen LogP contribution in [0, 0.1) is 0 Å². The number of nitrogens with one attached hydrogen (secondary N) is 3. The van der Waals surface area contributed by atoms with Gasteiger partial charge in [-0.1, -0.05) is 29.6 Å². The van der Waals surface area contributed by atoms with Gasteiger partial charge in [0.1, 0.15) is 0 Å². The highest BCUT2D eigenvalue weighted by Crippen LogP contribution is 2.15. The van der Waals surface area contributed by atoms with E-state index in [1.807, 2.05) is 0 Å². The van der Waals surface area contributed by atoms with Crippen LogP contribution >= 0.6 is 23.5 Å². The fraction of sp³-hybridized carbons (Fsp3) is 0.435. The second kappa shape index (κ2) is 16.6. The summed E-state index contributed by atoms with van der Waals surface area (Å²) in [6.45, 7) is 7.89. The van der Waals surface area contributed by atoms with Gasteiger partial charge in [0.15, 0.2) is 0 Å². The number of rotatable bonds is 10. The van der Waals surface area contributed by atoms with Gasteiger partial charge in [-0.3, -0.25) is 24.0 Å². The van der Waals surface area contributed by atoms with Crippen LogP contribution in [-0.4, -0.2) is 59.1 Å². The van der Waals surface area contributed by atoms with Gasteiger partial charge in [0, 0.05) is 61.7 Å². The number of hydrogen-bond donors (Lipinski definition) is 3. The van der Waals surface area contributed by atoms with E-state index in [9.17, 15) is 24.0 Å². The van der Waals surface area contributed by atoms with Crippen LogP contribution in [0.25, 0.3) is 0 Å². The molecule has 0 aromatic rings. The lowest BCUT2D eigenvalue weighted by Crippen LogP contribution is -2.22. The third kappa shape index (κ3) is 14.1. The summed E-state index contributed by atoms with van der Waals surface area (Å²) in [4.78, 5) is 55.6. The van der Waals surface area contributed by atoms with Crippen LogP contribution in [0.1, 0.15) is 34.1 Å². The molecule has 0 bridgehead atoms. The largest absolute Gasteiger partial charge is 0.356 e. The van der Waals surface area contributed by atoms with Crippen LogP contribution in [0.5, 0.6) is 0 Å². The molecule has 0 aliphatic carbocycles. The average Bonchev–Trinajstić information content (AvgIpc) is 3.45. The van der Waals surface area contributed by atoms with Crippen LogP contribution in [-0.2, 0) is 24.0 Å². The molecule has 3 amide bonds. The minimum absolute atomic E-state index is 0.0168. The van der Waals surface area contributed by atoms with Gasteiger partial charge in [0.2, 0.25) is 28.0 Å². The van der Waals surface area contributed by atoms with Crippen molar-refractivity contribution in [3.8, 4) is 0 Å². The van der Waals surface area contributed by atoms with E-state index in [-0.39, 0.29) is 28.0 Å². The maximum atomic E-state index is 11.7. The molecule has 0 aromatic carbocycles. The van der Waals surface area contributed by atoms with Crippen molar-refractivity contribution in [2.75, 3.05) is 31.1 Å². The topological polar surface area (TPSA) is 146 Å². The Hall–Kier alpha value is -2.99. The summed E-state index contributed by atoms with van der Waals surface area (Å²) in [5.41, 5.74) is 2.87. The zero-order valence-electron chi connectivity index (χ0n) is 20.3. The SMILES string of the molecule is CC(=O)NCCSC(=O)/C(C)=C/C1=CCC(=O)N1.CC(=O)NCCSC(=O)/C(C)=C/C1=CN=NC1. The zero-order valence-corrected chi connectivity index (χ0v) is 21.9. The van der Waals surface area contributed by atoms with Gasteiger partial charge in [-0.05, 0) is 31.6 Å². The highest BCUT2D eigenvalue weighted by atomic mass is 32.2. The van der Waals surface area contributed by atoms with Gasteiger partial charge in [0.05, 0.1) is 12.7 Å². The lowest BCUT2D eigenvalue weighted by Gasteiger charge is -2.03. The summed E-state index contributed by atoms with van der Waals surface area (Å²) >= 11 is 2.35. The number of hydrogen-bond acceptors (Lipinski definition) is 9. The standard InChI is InChI=1S/C12H16N2O3S.C11H15N3O2S/c1-8(7-10-3-4-11(16)14-10)12(17)18-6-5-13-9(2)15;1-8(5-10-6-13-14-7-10)11(16)17-4-3-12-9(2)15/h3,7H,4-6H2,1-2H3,(H,13,15)(H,14,16);5-6H,3-4,7H2,1-2H3,(H,12,15)/b8-7+;8-5+. The molecule has 2 aliphatic heterocycles. The maximum Gasteiger partial charge on any atom is 0.228 e. The van der Waals surface area contributed by atoms with E-state index in [2.05, 4.69) is 26.2 Å². The molecule has 0 fully saturated rings. The van der Waals surface area contributed by atoms with Gasteiger partial charge in [-0.15, -0.1) is 0 Å². The van der Waals surface area contributed by atoms with E-state index in [0.717, 1.165) is 17.3 Å². The number of carbonyl (C=O) groups excluding carboxylic acids is 5. The Bertz CT molecular complexity index is 983. The number of nitrogens with zero attached hydrogens (tertiary/aromatic N) is 2. The van der Waals surface area contributed by atoms with Crippen LogP contribution < -0.4 is 16.0 Å². The predicted octanol–water partition coefficient (Wildman–Crippen LogP) is 2.41. The Balaban J connectivity index is 0.000000351. The summed E-state index contributed by atoms with van der Waals surface area (Å²) in [7, 11) is 0. The van der Waals surface area contributed by atoms with Crippen LogP contribution in [0.2, 0.25) is 0 Å². The van der Waals surface area contributed by atoms with E-state index in [1.54, 1.807) is 38.3 Å². The molecular weight excluding hydrogens is 490 g/mol. The zero-order chi connectivity index (χ0) is 26.2. The van der Waals surface area contributed by atoms with Crippen LogP contribution in [0.4, 0.5) is 0 Å². The molecule has 35 heavy (non-hydrogen) atoms. The first-order chi connectivity index (χ1) is 16.6. The van der Waals surface area contributed by atoms with E-state index in [1.165, 1.54) is 25.6 Å². The molecule has 2 rings (SSSR count). The first-order valence-electron chi connectivity index (χ1n) is 10.8. The third-order valence-electron chi connectivity index (χ3n) is 4.19. The predicted molar refractivity (Wildman–Crippen MR) is 138 cm³/mol. The molecule has 3 N–H and O–H groups in total. The lowest BCUT2D eigenvalue weighted by molar-refractivity contribution is -0.119. The van der Waals surface area contributed by atoms with Crippen molar-refractivity contribution in [3.05, 3.63) is 46.8 Å². The smallest absolute Gasteiger partial charge is 0.228 e. The number of carbonyl (C=O) groups is 5. The number of azo groups is 1. The second-order valence-corrected chi connectivity index (χ2v) is 9.56. The van der Waals surface area contributed by atoms with Crippen molar-refractivity contribution < 1.29 is 24.0 Å². The minimum atomic E-state index is -0.103. The Morgan fingerprint density at radius 1 is 0.943 bits per heavy atom. The Morgan fingerprint density at radius 3 is 1.91 bits per heavy atom. The van der Waals surface area contributed by atoms with Crippen LogP contribution in [0.15, 0.2) is 57.1 Å². The Kier molecular flexibility index (Phi) is 14.3. The fourth-order valence-electron chi connectivity index (χ4n) is 2.52. The first kappa shape index (κ1) is 30.0. The van der Waals surface area contributed by atoms with E-state index in [4.69, 9.17) is 0 Å². The van der Waals surface area contributed by atoms with Crippen molar-refractivity contribution in [2.24, 2.45) is 10.2 Å². The highest BCUT2D eigenvalue weighted by molar-refractivity contribution is 8.14. The van der Waals surface area contributed by atoms with E-state index >= 15 is 0 Å². The minimum Gasteiger partial charge on any atom is -0.356 e. The Labute approximate surface area is 213 Å². The molecule has 2 aliphatic rings. The molecule has 0 saturated heterocycles. The number of thioether (sulfide) groups is 2. The summed E-state index contributed by atoms with van der Waals surface area (Å²) in [5, 5.41) is 15.4. The molecule has 2 heterocycles. The third-order valence-corrected chi connectivity index (χ3v) is 6.17. The normalized spacial score (nSPS) is 14.9. The summed E-state index contributed by atoms with van der Waals surface area (Å²) in [6.07, 6.45) is 7.23. The summed E-state index contributed by atoms with van der Waals surface area (Å²) in [5.74, 6) is 0.880. The number of allylic oxidation sites excluding steroid dienone is 1. The molecule has 0 aromatic heterocycles. The van der Waals surface area contributed by atoms with Crippen molar-refractivity contribution >= 4 is 51.5 Å². The van der Waals surface area contributed by atoms with Crippen molar-refractivity contribution in [1.82, 2.24) is 16.0 Å². The second-order valence-electron chi connectivity index (χ2n) is 7.42. The first-order valence-corrected chi connectivity index (χ1v) is 12.8. The molecule has 0 radical (unpaired) electrons. The summed E-state index contributed by atoms with van der Waals surface area (Å²) < 4.78 is 0. The van der Waals surface area contributed by atoms with E-state index in [0.29, 0.717) is 54.4 Å². The van der Waals surface area contributed by atoms with Gasteiger partial charge >= 0.3 is 0 Å². The summed E-state index contributed by atoms with van der Waals surface area (Å²) in [6, 6.07) is 0. The monoisotopic (exact) mass is 521 g/mol. The van der Waals surface area contributed by atoms with Gasteiger partial charge in [-0.25, -0.2) is 0 Å². The molecule has 12 heteroatoms. The lowest BCUT2D eigenvalue weighted by atomic mass is 10.2. The van der Waals surface area contributed by atoms with Gasteiger partial charge < -0.3 is 16.0 Å². The molecular formula is C23H31N5O5S2. The van der Waals surface area contributed by atoms with Crippen molar-refractivity contribution in [2.45, 2.75) is 34.1 Å². The molecule has 0 spiro atoms. The quantitative estimate of drug-likeness (QED) is 0.295. The maximum absolute atomic E-state index is 11.7. The highest BCUT2D eigenvalue weighted by Gasteiger charge is 2.12. The van der Waals surface area contributed by atoms with Gasteiger partial charge in [-0.2, -0.15) is 10.2 Å². The Morgan fingerprint density at radius 2 is 1.49 bits per heavy atom. The molecule has 190 valence electrons. The van der Waals surface area contributed by atoms with E-state index < -0.39 is 0 Å². The van der Waals surface area contributed by atoms with Crippen LogP contribution in [0.3, 0.4) is 0 Å².